The molecule has 1 N–H and O–H groups in total. The molecule has 0 amide bonds. The minimum absolute atomic E-state index is 0.0234. The van der Waals surface area contributed by atoms with E-state index in [1.54, 1.807) is 4.31 Å². The average Bonchev–Trinajstić information content (AvgIpc) is 3.05. The zero-order valence-electron chi connectivity index (χ0n) is 19.5. The molecule has 0 aliphatic carbocycles. The summed E-state index contributed by atoms with van der Waals surface area (Å²) >= 11 is 0. The van der Waals surface area contributed by atoms with Gasteiger partial charge in [-0.15, -0.1) is 0 Å². The van der Waals surface area contributed by atoms with Crippen molar-refractivity contribution in [1.29, 1.82) is 0 Å². The van der Waals surface area contributed by atoms with Crippen LogP contribution in [-0.4, -0.2) is 65.3 Å². The largest absolute Gasteiger partial charge is 0.421 e. The third kappa shape index (κ3) is 4.73. The molecule has 3 heterocycles. The summed E-state index contributed by atoms with van der Waals surface area (Å²) in [5, 5.41) is 9.87. The number of benzene rings is 1. The minimum Gasteiger partial charge on any atom is -0.376 e. The molecule has 0 spiro atoms. The number of halogens is 3. The summed E-state index contributed by atoms with van der Waals surface area (Å²) in [4.78, 5) is 6.51. The van der Waals surface area contributed by atoms with Gasteiger partial charge in [-0.1, -0.05) is 31.2 Å². The number of piperazine rings is 1. The lowest BCUT2D eigenvalue weighted by Gasteiger charge is -2.39. The van der Waals surface area contributed by atoms with Gasteiger partial charge in [0, 0.05) is 49.0 Å². The number of alkyl halides is 3. The van der Waals surface area contributed by atoms with E-state index < -0.39 is 21.8 Å². The van der Waals surface area contributed by atoms with Crippen molar-refractivity contribution in [2.24, 2.45) is 0 Å². The Bertz CT molecular complexity index is 1140. The lowest BCUT2D eigenvalue weighted by molar-refractivity contribution is -0.259. The molecule has 1 aromatic carbocycles. The summed E-state index contributed by atoms with van der Waals surface area (Å²) in [6.45, 7) is 4.84. The van der Waals surface area contributed by atoms with E-state index in [9.17, 15) is 26.7 Å². The van der Waals surface area contributed by atoms with Crippen LogP contribution < -0.4 is 0 Å². The Balaban J connectivity index is 1.51. The number of fused-ring (bicyclic) bond motifs is 2. The van der Waals surface area contributed by atoms with Crippen LogP contribution in [-0.2, 0) is 28.6 Å². The lowest BCUT2D eigenvalue weighted by atomic mass is 9.95. The summed E-state index contributed by atoms with van der Waals surface area (Å²) < 4.78 is 65.3. The van der Waals surface area contributed by atoms with Gasteiger partial charge in [0.05, 0.1) is 11.9 Å². The zero-order chi connectivity index (χ0) is 24.9. The number of aryl methyl sites for hydroxylation is 1. The first-order valence-electron chi connectivity index (χ1n) is 11.4. The lowest BCUT2D eigenvalue weighted by Crippen LogP contribution is -2.54. The Hall–Kier alpha value is -2.01. The highest BCUT2D eigenvalue weighted by Gasteiger charge is 2.51. The van der Waals surface area contributed by atoms with E-state index in [-0.39, 0.29) is 17.6 Å². The van der Waals surface area contributed by atoms with E-state index in [2.05, 4.69) is 16.0 Å². The molecule has 2 fully saturated rings. The van der Waals surface area contributed by atoms with Gasteiger partial charge in [0.25, 0.3) is 0 Å². The van der Waals surface area contributed by atoms with E-state index in [1.165, 1.54) is 18.4 Å². The van der Waals surface area contributed by atoms with Gasteiger partial charge in [0.1, 0.15) is 0 Å². The second kappa shape index (κ2) is 8.89. The number of likely N-dealkylation sites (tertiary alicyclic amines) is 1. The topological polar surface area (TPSA) is 73.7 Å². The second-order valence-electron chi connectivity index (χ2n) is 9.52. The number of pyridine rings is 1. The smallest absolute Gasteiger partial charge is 0.376 e. The van der Waals surface area contributed by atoms with Gasteiger partial charge in [-0.05, 0) is 43.4 Å². The number of hydrogen-bond donors (Lipinski definition) is 1. The highest BCUT2D eigenvalue weighted by atomic mass is 32.2. The summed E-state index contributed by atoms with van der Waals surface area (Å²) in [6.07, 6.45) is 0.0589. The van der Waals surface area contributed by atoms with Gasteiger partial charge < -0.3 is 5.11 Å². The Morgan fingerprint density at radius 2 is 1.76 bits per heavy atom. The van der Waals surface area contributed by atoms with Crippen LogP contribution in [0.15, 0.2) is 36.5 Å². The first-order chi connectivity index (χ1) is 15.8. The van der Waals surface area contributed by atoms with Gasteiger partial charge in [-0.3, -0.25) is 9.88 Å². The molecule has 0 saturated carbocycles. The van der Waals surface area contributed by atoms with E-state index in [1.807, 2.05) is 19.1 Å². The van der Waals surface area contributed by atoms with Crippen molar-refractivity contribution in [2.75, 3.05) is 19.3 Å². The third-order valence-corrected chi connectivity index (χ3v) is 8.35. The van der Waals surface area contributed by atoms with E-state index >= 15 is 0 Å². The third-order valence-electron chi connectivity index (χ3n) is 6.98. The minimum atomic E-state index is -4.79. The van der Waals surface area contributed by atoms with Crippen molar-refractivity contribution in [1.82, 2.24) is 14.2 Å². The molecule has 3 unspecified atom stereocenters. The number of aliphatic hydroxyl groups is 1. The molecule has 1 aromatic heterocycles. The first kappa shape index (κ1) is 25.1. The molecule has 2 saturated heterocycles. The fourth-order valence-electron chi connectivity index (χ4n) is 5.17. The summed E-state index contributed by atoms with van der Waals surface area (Å²) in [6, 6.07) is 8.82. The van der Waals surface area contributed by atoms with Crippen LogP contribution in [0.5, 0.6) is 0 Å². The van der Waals surface area contributed by atoms with Crippen LogP contribution in [0.1, 0.15) is 43.4 Å². The Kier molecular flexibility index (Phi) is 6.56. The van der Waals surface area contributed by atoms with Crippen LogP contribution in [0.2, 0.25) is 0 Å². The maximum absolute atomic E-state index is 13.1. The van der Waals surface area contributed by atoms with Crippen LogP contribution >= 0.6 is 0 Å². The molecule has 0 radical (unpaired) electrons. The number of rotatable bonds is 6. The predicted molar refractivity (Wildman–Crippen MR) is 123 cm³/mol. The summed E-state index contributed by atoms with van der Waals surface area (Å²) in [5.41, 5.74) is 0.247. The zero-order valence-corrected chi connectivity index (χ0v) is 20.3. The molecule has 2 bridgehead atoms. The van der Waals surface area contributed by atoms with E-state index in [4.69, 9.17) is 0 Å². The molecular formula is C24H30F3N3O3S. The molecule has 6 nitrogen and oxygen atoms in total. The van der Waals surface area contributed by atoms with Crippen molar-refractivity contribution in [3.63, 3.8) is 0 Å². The van der Waals surface area contributed by atoms with Crippen LogP contribution in [0.4, 0.5) is 13.2 Å². The molecule has 34 heavy (non-hydrogen) atoms. The Morgan fingerprint density at radius 3 is 2.26 bits per heavy atom. The quantitative estimate of drug-likeness (QED) is 0.659. The van der Waals surface area contributed by atoms with Crippen molar-refractivity contribution in [3.8, 4) is 11.3 Å². The molecule has 10 heteroatoms. The number of aromatic nitrogens is 1. The van der Waals surface area contributed by atoms with Crippen LogP contribution in [0.3, 0.4) is 0 Å². The molecule has 3 atom stereocenters. The van der Waals surface area contributed by atoms with Gasteiger partial charge in [-0.25, -0.2) is 8.42 Å². The average molecular weight is 498 g/mol. The van der Waals surface area contributed by atoms with Crippen molar-refractivity contribution < 1.29 is 26.7 Å². The molecule has 2 aliphatic rings. The molecule has 186 valence electrons. The van der Waals surface area contributed by atoms with E-state index in [0.717, 1.165) is 49.1 Å². The summed E-state index contributed by atoms with van der Waals surface area (Å²) in [7, 11) is -3.20. The second-order valence-corrected chi connectivity index (χ2v) is 11.4. The molecule has 2 aliphatic heterocycles. The predicted octanol–water partition coefficient (Wildman–Crippen LogP) is 3.69. The summed E-state index contributed by atoms with van der Waals surface area (Å²) in [5.74, 6) is 0. The maximum atomic E-state index is 13.1. The van der Waals surface area contributed by atoms with Crippen molar-refractivity contribution in [3.05, 3.63) is 53.2 Å². The SMILES string of the molecule is CCc1cc(CN2CC3CCC(C2)N3S(C)(=O)=O)ccc1-c1ccc(C(C)(O)C(F)(F)F)cn1. The Morgan fingerprint density at radius 1 is 1.12 bits per heavy atom. The maximum Gasteiger partial charge on any atom is 0.421 e. The fourth-order valence-corrected chi connectivity index (χ4v) is 6.60. The Labute approximate surface area is 198 Å². The molecule has 2 aromatic rings. The number of hydrogen-bond acceptors (Lipinski definition) is 5. The standard InChI is InChI=1S/C24H30F3N3O3S/c1-4-17-11-16(13-29-14-19-7-8-20(15-29)30(19)34(3,32)33)5-9-21(17)22-10-6-18(12-28-22)23(2,31)24(25,26)27/h5-6,9-12,19-20,31H,4,7-8,13-15H2,1-3H3. The fraction of sp³-hybridized carbons (Fsp3) is 0.542. The van der Waals surface area contributed by atoms with Crippen molar-refractivity contribution >= 4 is 10.0 Å². The first-order valence-corrected chi connectivity index (χ1v) is 13.2. The number of nitrogens with zero attached hydrogens (tertiary/aromatic N) is 3. The van der Waals surface area contributed by atoms with Gasteiger partial charge >= 0.3 is 6.18 Å². The van der Waals surface area contributed by atoms with Gasteiger partial charge in [-0.2, -0.15) is 17.5 Å². The van der Waals surface area contributed by atoms with Gasteiger partial charge in [0.15, 0.2) is 5.60 Å². The molecule has 4 rings (SSSR count). The monoisotopic (exact) mass is 497 g/mol. The number of sulfonamides is 1. The van der Waals surface area contributed by atoms with E-state index in [0.29, 0.717) is 25.3 Å². The van der Waals surface area contributed by atoms with Gasteiger partial charge in [0.2, 0.25) is 10.0 Å². The normalized spacial score (nSPS) is 23.7. The molecular weight excluding hydrogens is 467 g/mol. The van der Waals surface area contributed by atoms with Crippen molar-refractivity contribution in [2.45, 2.75) is 63.5 Å². The highest BCUT2D eigenvalue weighted by Crippen LogP contribution is 2.39. The highest BCUT2D eigenvalue weighted by molar-refractivity contribution is 7.88. The van der Waals surface area contributed by atoms with Crippen LogP contribution in [0, 0.1) is 0 Å². The van der Waals surface area contributed by atoms with Crippen LogP contribution in [0.25, 0.3) is 11.3 Å².